The summed E-state index contributed by atoms with van der Waals surface area (Å²) in [5.41, 5.74) is 3.58. The third-order valence-corrected chi connectivity index (χ3v) is 5.05. The largest absolute Gasteiger partial charge is 0.439 e. The highest BCUT2D eigenvalue weighted by atomic mass is 19.4. The number of hydrogen-bond donors (Lipinski definition) is 2. The average Bonchev–Trinajstić information content (AvgIpc) is 3.15. The smallest absolute Gasteiger partial charge is 0.426 e. The molecule has 31 heavy (non-hydrogen) atoms. The molecule has 3 N–H and O–H groups in total. The van der Waals surface area contributed by atoms with Gasteiger partial charge in [-0.05, 0) is 56.4 Å². The van der Waals surface area contributed by atoms with Crippen LogP contribution in [0.15, 0.2) is 28.7 Å². The molecule has 1 aromatic carbocycles. The van der Waals surface area contributed by atoms with Gasteiger partial charge in [-0.25, -0.2) is 9.37 Å². The first kappa shape index (κ1) is 21.0. The highest BCUT2D eigenvalue weighted by Gasteiger charge is 2.58. The Hall–Kier alpha value is -3.21. The number of alkyl halides is 3. The Labute approximate surface area is 173 Å². The number of aromatic nitrogens is 3. The van der Waals surface area contributed by atoms with Crippen LogP contribution in [-0.2, 0) is 12.0 Å². The summed E-state index contributed by atoms with van der Waals surface area (Å²) in [6, 6.07) is 5.50. The van der Waals surface area contributed by atoms with Crippen LogP contribution in [-0.4, -0.2) is 26.5 Å². The Bertz CT molecular complexity index is 1130. The van der Waals surface area contributed by atoms with E-state index in [1.165, 1.54) is 18.2 Å². The number of halogens is 4. The number of fused-ring (bicyclic) bond motifs is 7. The first-order chi connectivity index (χ1) is 14.6. The number of ether oxygens (including phenoxy) is 1. The average molecular weight is 438 g/mol. The summed E-state index contributed by atoms with van der Waals surface area (Å²) in [6.07, 6.45) is -5.28. The van der Waals surface area contributed by atoms with E-state index in [-0.39, 0.29) is 42.3 Å². The Morgan fingerprint density at radius 2 is 1.90 bits per heavy atom. The number of aliphatic hydroxyl groups is 1. The topological polar surface area (TPSA) is 107 Å². The molecule has 1 unspecified atom stereocenters. The molecule has 0 radical (unpaired) electrons. The maximum atomic E-state index is 14.1. The van der Waals surface area contributed by atoms with Crippen molar-refractivity contribution in [3.8, 4) is 23.2 Å². The lowest BCUT2D eigenvalue weighted by molar-refractivity contribution is -0.277. The van der Waals surface area contributed by atoms with Gasteiger partial charge in [0.25, 0.3) is 11.8 Å². The lowest BCUT2D eigenvalue weighted by Crippen LogP contribution is -2.42. The zero-order valence-corrected chi connectivity index (χ0v) is 16.3. The second-order valence-corrected chi connectivity index (χ2v) is 7.42. The Kier molecular flexibility index (Phi) is 5.08. The van der Waals surface area contributed by atoms with E-state index in [1.54, 1.807) is 13.0 Å². The molecule has 1 aliphatic rings. The predicted molar refractivity (Wildman–Crippen MR) is 101 cm³/mol. The summed E-state index contributed by atoms with van der Waals surface area (Å²) in [6.45, 7) is 1.65. The standard InChI is InChI=1S/C20H18F4N4O3/c1-10-6-14(25)15-17-27-28-18(31-17)19(29,20(22,23)24)5-3-2-4-11-7-12(21)9-13(8-11)30-16(10)26-15/h6-9,29H,2-5,25H2,1H3. The summed E-state index contributed by atoms with van der Waals surface area (Å²) in [7, 11) is 0. The second-order valence-electron chi connectivity index (χ2n) is 7.42. The van der Waals surface area contributed by atoms with Gasteiger partial charge in [0.2, 0.25) is 11.5 Å². The van der Waals surface area contributed by atoms with Crippen molar-refractivity contribution in [1.82, 2.24) is 15.2 Å². The van der Waals surface area contributed by atoms with Crippen molar-refractivity contribution in [2.24, 2.45) is 0 Å². The lowest BCUT2D eigenvalue weighted by atomic mass is 9.94. The molecular weight excluding hydrogens is 420 g/mol. The van der Waals surface area contributed by atoms with E-state index >= 15 is 0 Å². The maximum Gasteiger partial charge on any atom is 0.426 e. The summed E-state index contributed by atoms with van der Waals surface area (Å²) in [4.78, 5) is 4.19. The van der Waals surface area contributed by atoms with Crippen molar-refractivity contribution in [2.75, 3.05) is 5.73 Å². The van der Waals surface area contributed by atoms with Gasteiger partial charge in [-0.2, -0.15) is 13.2 Å². The van der Waals surface area contributed by atoms with E-state index in [1.807, 2.05) is 0 Å². The van der Waals surface area contributed by atoms with Crippen molar-refractivity contribution < 1.29 is 31.8 Å². The monoisotopic (exact) mass is 438 g/mol. The minimum atomic E-state index is -5.06. The molecule has 6 bridgehead atoms. The van der Waals surface area contributed by atoms with Crippen LogP contribution in [0.2, 0.25) is 0 Å². The van der Waals surface area contributed by atoms with Crippen molar-refractivity contribution in [3.63, 3.8) is 0 Å². The maximum absolute atomic E-state index is 14.1. The number of aryl methyl sites for hydroxylation is 2. The Balaban J connectivity index is 1.87. The third kappa shape index (κ3) is 3.92. The fourth-order valence-corrected chi connectivity index (χ4v) is 3.39. The van der Waals surface area contributed by atoms with Crippen LogP contribution >= 0.6 is 0 Å². The van der Waals surface area contributed by atoms with E-state index in [9.17, 15) is 22.7 Å². The molecule has 3 heterocycles. The van der Waals surface area contributed by atoms with Crippen LogP contribution in [0.25, 0.3) is 11.6 Å². The van der Waals surface area contributed by atoms with Crippen molar-refractivity contribution in [3.05, 3.63) is 47.1 Å². The van der Waals surface area contributed by atoms with Crippen molar-refractivity contribution in [1.29, 1.82) is 0 Å². The van der Waals surface area contributed by atoms with E-state index < -0.39 is 35.8 Å². The molecule has 0 spiro atoms. The van der Waals surface area contributed by atoms with E-state index in [2.05, 4.69) is 15.2 Å². The minimum absolute atomic E-state index is 0.0341. The van der Waals surface area contributed by atoms with Gasteiger partial charge in [0, 0.05) is 11.6 Å². The fraction of sp³-hybridized carbons (Fsp3) is 0.350. The second kappa shape index (κ2) is 7.49. The summed E-state index contributed by atoms with van der Waals surface area (Å²) in [5.74, 6) is -1.75. The molecule has 2 aromatic heterocycles. The van der Waals surface area contributed by atoms with Gasteiger partial charge in [0.15, 0.2) is 5.69 Å². The molecule has 1 aliphatic heterocycles. The fourth-order valence-electron chi connectivity index (χ4n) is 3.39. The number of nitrogen functional groups attached to an aromatic ring is 1. The summed E-state index contributed by atoms with van der Waals surface area (Å²) >= 11 is 0. The molecule has 1 atom stereocenters. The summed E-state index contributed by atoms with van der Waals surface area (Å²) < 4.78 is 66.1. The molecule has 0 aliphatic carbocycles. The third-order valence-electron chi connectivity index (χ3n) is 5.05. The van der Waals surface area contributed by atoms with E-state index in [0.29, 0.717) is 11.1 Å². The Morgan fingerprint density at radius 1 is 1.13 bits per heavy atom. The van der Waals surface area contributed by atoms with Gasteiger partial charge in [-0.15, -0.1) is 10.2 Å². The van der Waals surface area contributed by atoms with Crippen LogP contribution in [0.3, 0.4) is 0 Å². The number of benzene rings is 1. The van der Waals surface area contributed by atoms with Gasteiger partial charge in [-0.3, -0.25) is 0 Å². The molecule has 0 fully saturated rings. The molecule has 0 saturated heterocycles. The van der Waals surface area contributed by atoms with Crippen LogP contribution < -0.4 is 10.5 Å². The first-order valence-corrected chi connectivity index (χ1v) is 9.45. The normalized spacial score (nSPS) is 19.3. The zero-order chi connectivity index (χ0) is 22.4. The van der Waals surface area contributed by atoms with Crippen molar-refractivity contribution >= 4 is 5.69 Å². The molecule has 4 rings (SSSR count). The molecular formula is C20H18F4N4O3. The predicted octanol–water partition coefficient (Wildman–Crippen LogP) is 4.43. The number of pyridine rings is 1. The SMILES string of the molecule is Cc1cc(N)c2nc1Oc1cc(F)cc(c1)CCCCC(O)(C(F)(F)F)c1nnc-2o1. The lowest BCUT2D eigenvalue weighted by Gasteiger charge is -2.26. The van der Waals surface area contributed by atoms with Gasteiger partial charge in [0.1, 0.15) is 11.6 Å². The number of anilines is 1. The van der Waals surface area contributed by atoms with E-state index in [0.717, 1.165) is 0 Å². The molecule has 0 saturated carbocycles. The van der Waals surface area contributed by atoms with Gasteiger partial charge in [0.05, 0.1) is 5.69 Å². The van der Waals surface area contributed by atoms with Crippen LogP contribution in [0.1, 0.15) is 36.3 Å². The number of nitrogens with zero attached hydrogens (tertiary/aromatic N) is 3. The number of nitrogens with two attached hydrogens (primary N) is 1. The summed E-state index contributed by atoms with van der Waals surface area (Å²) in [5, 5.41) is 17.5. The highest BCUT2D eigenvalue weighted by Crippen LogP contribution is 2.43. The van der Waals surface area contributed by atoms with Gasteiger partial charge in [-0.1, -0.05) is 0 Å². The number of hydrogen-bond acceptors (Lipinski definition) is 7. The molecule has 7 nitrogen and oxygen atoms in total. The minimum Gasteiger partial charge on any atom is -0.439 e. The van der Waals surface area contributed by atoms with Crippen LogP contribution in [0, 0.1) is 12.7 Å². The zero-order valence-electron chi connectivity index (χ0n) is 16.3. The van der Waals surface area contributed by atoms with Crippen LogP contribution in [0.4, 0.5) is 23.2 Å². The quantitative estimate of drug-likeness (QED) is 0.500. The Morgan fingerprint density at radius 3 is 2.65 bits per heavy atom. The molecule has 164 valence electrons. The van der Waals surface area contributed by atoms with Gasteiger partial charge >= 0.3 is 6.18 Å². The molecule has 11 heteroatoms. The van der Waals surface area contributed by atoms with Crippen LogP contribution in [0.5, 0.6) is 11.6 Å². The number of rotatable bonds is 0. The van der Waals surface area contributed by atoms with E-state index in [4.69, 9.17) is 14.9 Å². The van der Waals surface area contributed by atoms with Gasteiger partial charge < -0.3 is 20.0 Å². The van der Waals surface area contributed by atoms with Crippen molar-refractivity contribution in [2.45, 2.75) is 44.4 Å². The molecule has 3 aromatic rings. The molecule has 0 amide bonds. The first-order valence-electron chi connectivity index (χ1n) is 9.45. The highest BCUT2D eigenvalue weighted by molar-refractivity contribution is 5.68.